The summed E-state index contributed by atoms with van der Waals surface area (Å²) in [4.78, 5) is 9.32. The van der Waals surface area contributed by atoms with Crippen LogP contribution in [-0.2, 0) is 0 Å². The molecule has 0 saturated heterocycles. The van der Waals surface area contributed by atoms with Gasteiger partial charge in [-0.3, -0.25) is 9.97 Å². The smallest absolute Gasteiger partial charge is 0.0892 e. The van der Waals surface area contributed by atoms with Gasteiger partial charge in [-0.05, 0) is 41.8 Å². The Morgan fingerprint density at radius 2 is 1.03 bits per heavy atom. The van der Waals surface area contributed by atoms with Crippen LogP contribution in [-0.4, -0.2) is 20.7 Å². The second-order valence-corrected chi connectivity index (χ2v) is 7.54. The highest BCUT2D eigenvalue weighted by Crippen LogP contribution is 2.47. The lowest BCUT2D eigenvalue weighted by atomic mass is 9.67. The summed E-state index contributed by atoms with van der Waals surface area (Å²) in [5.74, 6) is -0.616. The largest absolute Gasteiger partial charge is 0.388 e. The Labute approximate surface area is 178 Å². The molecule has 0 aliphatic rings. The van der Waals surface area contributed by atoms with Crippen molar-refractivity contribution in [2.45, 2.75) is 30.8 Å². The standard InChI is InChI=1S/C27H26N2O/c1-2-27(30,25(21-13-5-3-6-14-21)23-17-9-11-19-28-23)26(22-15-7-4-8-16-22)24-18-10-12-20-29-24/h3-20,25-26,30H,2H2,1H3. The van der Waals surface area contributed by atoms with Crippen molar-refractivity contribution in [2.24, 2.45) is 0 Å². The summed E-state index contributed by atoms with van der Waals surface area (Å²) < 4.78 is 0. The molecule has 0 aliphatic carbocycles. The molecule has 0 fully saturated rings. The number of hydrogen-bond donors (Lipinski definition) is 1. The molecule has 0 radical (unpaired) electrons. The highest BCUT2D eigenvalue weighted by molar-refractivity contribution is 5.40. The summed E-state index contributed by atoms with van der Waals surface area (Å²) in [6, 6.07) is 32.1. The maximum Gasteiger partial charge on any atom is 0.0892 e. The molecular weight excluding hydrogens is 368 g/mol. The van der Waals surface area contributed by atoms with Gasteiger partial charge < -0.3 is 5.11 Å². The molecule has 1 N–H and O–H groups in total. The predicted molar refractivity (Wildman–Crippen MR) is 120 cm³/mol. The third-order valence-corrected chi connectivity index (χ3v) is 5.80. The van der Waals surface area contributed by atoms with E-state index in [1.54, 1.807) is 12.4 Å². The third-order valence-electron chi connectivity index (χ3n) is 5.80. The number of hydrogen-bond acceptors (Lipinski definition) is 3. The molecular formula is C27H26N2O. The summed E-state index contributed by atoms with van der Waals surface area (Å²) in [5, 5.41) is 12.5. The highest BCUT2D eigenvalue weighted by Gasteiger charge is 2.46. The Bertz CT molecular complexity index is 875. The van der Waals surface area contributed by atoms with Gasteiger partial charge in [0.1, 0.15) is 0 Å². The quantitative estimate of drug-likeness (QED) is 0.445. The summed E-state index contributed by atoms with van der Waals surface area (Å²) in [7, 11) is 0. The first kappa shape index (κ1) is 20.0. The van der Waals surface area contributed by atoms with E-state index in [2.05, 4.69) is 34.2 Å². The van der Waals surface area contributed by atoms with Gasteiger partial charge in [0.25, 0.3) is 0 Å². The lowest BCUT2D eigenvalue weighted by Gasteiger charge is -2.42. The Balaban J connectivity index is 1.95. The molecule has 2 atom stereocenters. The Hall–Kier alpha value is -3.30. The van der Waals surface area contributed by atoms with E-state index in [4.69, 9.17) is 0 Å². The average molecular weight is 395 g/mol. The van der Waals surface area contributed by atoms with Crippen molar-refractivity contribution in [2.75, 3.05) is 0 Å². The van der Waals surface area contributed by atoms with E-state index in [-0.39, 0.29) is 11.8 Å². The van der Waals surface area contributed by atoms with Crippen LogP contribution in [0.5, 0.6) is 0 Å². The maximum absolute atomic E-state index is 12.5. The molecule has 2 aromatic heterocycles. The van der Waals surface area contributed by atoms with Gasteiger partial charge in [0, 0.05) is 12.4 Å². The van der Waals surface area contributed by atoms with Crippen LogP contribution in [0.4, 0.5) is 0 Å². The Morgan fingerprint density at radius 1 is 0.633 bits per heavy atom. The molecule has 0 spiro atoms. The summed E-state index contributed by atoms with van der Waals surface area (Å²) in [6.45, 7) is 2.04. The fraction of sp³-hybridized carbons (Fsp3) is 0.185. The van der Waals surface area contributed by atoms with Crippen LogP contribution < -0.4 is 0 Å². The SMILES string of the molecule is CCC(O)(C(c1ccccc1)c1ccccn1)C(c1ccccc1)c1ccccn1. The number of aromatic nitrogens is 2. The fourth-order valence-electron chi connectivity index (χ4n) is 4.39. The zero-order valence-electron chi connectivity index (χ0n) is 17.1. The highest BCUT2D eigenvalue weighted by atomic mass is 16.3. The molecule has 150 valence electrons. The van der Waals surface area contributed by atoms with Crippen molar-refractivity contribution in [3.63, 3.8) is 0 Å². The van der Waals surface area contributed by atoms with Gasteiger partial charge in [0.15, 0.2) is 0 Å². The van der Waals surface area contributed by atoms with Gasteiger partial charge in [-0.2, -0.15) is 0 Å². The van der Waals surface area contributed by atoms with Crippen molar-refractivity contribution >= 4 is 0 Å². The minimum absolute atomic E-state index is 0.308. The van der Waals surface area contributed by atoms with Gasteiger partial charge in [-0.25, -0.2) is 0 Å². The molecule has 0 saturated carbocycles. The number of benzene rings is 2. The zero-order chi connectivity index (χ0) is 20.8. The Morgan fingerprint density at radius 3 is 1.37 bits per heavy atom. The van der Waals surface area contributed by atoms with E-state index in [0.29, 0.717) is 6.42 Å². The van der Waals surface area contributed by atoms with Crippen LogP contribution >= 0.6 is 0 Å². The van der Waals surface area contributed by atoms with E-state index in [9.17, 15) is 5.11 Å². The number of rotatable bonds is 7. The van der Waals surface area contributed by atoms with Gasteiger partial charge in [-0.1, -0.05) is 79.7 Å². The first-order valence-electron chi connectivity index (χ1n) is 10.4. The van der Waals surface area contributed by atoms with Crippen LogP contribution in [0.1, 0.15) is 47.7 Å². The lowest BCUT2D eigenvalue weighted by Crippen LogP contribution is -2.43. The second-order valence-electron chi connectivity index (χ2n) is 7.54. The van der Waals surface area contributed by atoms with Crippen LogP contribution in [0.15, 0.2) is 109 Å². The number of nitrogens with zero attached hydrogens (tertiary/aromatic N) is 2. The zero-order valence-corrected chi connectivity index (χ0v) is 17.1. The molecule has 2 heterocycles. The second kappa shape index (κ2) is 9.02. The first-order chi connectivity index (χ1) is 14.7. The van der Waals surface area contributed by atoms with Crippen molar-refractivity contribution in [1.82, 2.24) is 9.97 Å². The Kier molecular flexibility index (Phi) is 6.01. The van der Waals surface area contributed by atoms with Gasteiger partial charge in [-0.15, -0.1) is 0 Å². The van der Waals surface area contributed by atoms with Gasteiger partial charge in [0.05, 0.1) is 28.8 Å². The monoisotopic (exact) mass is 394 g/mol. The van der Waals surface area contributed by atoms with Crippen molar-refractivity contribution < 1.29 is 5.11 Å². The topological polar surface area (TPSA) is 46.0 Å². The van der Waals surface area contributed by atoms with E-state index in [1.807, 2.05) is 79.7 Å². The molecule has 4 aromatic rings. The number of pyridine rings is 2. The van der Waals surface area contributed by atoms with Gasteiger partial charge in [0.2, 0.25) is 0 Å². The van der Waals surface area contributed by atoms with Crippen LogP contribution in [0.25, 0.3) is 0 Å². The van der Waals surface area contributed by atoms with Gasteiger partial charge >= 0.3 is 0 Å². The molecule has 2 unspecified atom stereocenters. The molecule has 3 heteroatoms. The number of aliphatic hydroxyl groups is 1. The minimum atomic E-state index is -1.13. The predicted octanol–water partition coefficient (Wildman–Crippen LogP) is 5.58. The van der Waals surface area contributed by atoms with Crippen LogP contribution in [0, 0.1) is 0 Å². The fourth-order valence-corrected chi connectivity index (χ4v) is 4.39. The minimum Gasteiger partial charge on any atom is -0.388 e. The van der Waals surface area contributed by atoms with Crippen molar-refractivity contribution in [3.05, 3.63) is 132 Å². The molecule has 30 heavy (non-hydrogen) atoms. The molecule has 2 aromatic carbocycles. The van der Waals surface area contributed by atoms with Crippen molar-refractivity contribution in [3.8, 4) is 0 Å². The van der Waals surface area contributed by atoms with E-state index in [1.165, 1.54) is 0 Å². The summed E-state index contributed by atoms with van der Waals surface area (Å²) >= 11 is 0. The van der Waals surface area contributed by atoms with Crippen molar-refractivity contribution in [1.29, 1.82) is 0 Å². The normalized spacial score (nSPS) is 15.1. The van der Waals surface area contributed by atoms with Crippen LogP contribution in [0.3, 0.4) is 0 Å². The summed E-state index contributed by atoms with van der Waals surface area (Å²) in [6.07, 6.45) is 4.12. The van der Waals surface area contributed by atoms with E-state index in [0.717, 1.165) is 22.5 Å². The van der Waals surface area contributed by atoms with E-state index >= 15 is 0 Å². The molecule has 3 nitrogen and oxygen atoms in total. The first-order valence-corrected chi connectivity index (χ1v) is 10.4. The molecule has 0 amide bonds. The molecule has 0 aliphatic heterocycles. The summed E-state index contributed by atoms with van der Waals surface area (Å²) in [5.41, 5.74) is 2.65. The van der Waals surface area contributed by atoms with Crippen LogP contribution in [0.2, 0.25) is 0 Å². The molecule has 0 bridgehead atoms. The molecule has 4 rings (SSSR count). The third kappa shape index (κ3) is 3.89. The lowest BCUT2D eigenvalue weighted by molar-refractivity contribution is 0.00125. The van der Waals surface area contributed by atoms with E-state index < -0.39 is 5.60 Å². The average Bonchev–Trinajstić information content (AvgIpc) is 2.82. The maximum atomic E-state index is 12.5.